The van der Waals surface area contributed by atoms with E-state index < -0.39 is 0 Å². The van der Waals surface area contributed by atoms with Gasteiger partial charge in [0.05, 0.1) is 5.69 Å². The van der Waals surface area contributed by atoms with Gasteiger partial charge in [-0.05, 0) is 23.3 Å². The summed E-state index contributed by atoms with van der Waals surface area (Å²) in [5.41, 5.74) is 9.08. The van der Waals surface area contributed by atoms with Crippen molar-refractivity contribution in [3.05, 3.63) is 53.2 Å². The van der Waals surface area contributed by atoms with E-state index in [0.717, 1.165) is 24.6 Å². The second kappa shape index (κ2) is 4.14. The zero-order chi connectivity index (χ0) is 11.7. The lowest BCUT2D eigenvalue weighted by molar-refractivity contribution is 0.811. The van der Waals surface area contributed by atoms with E-state index in [1.807, 2.05) is 12.1 Å². The van der Waals surface area contributed by atoms with Crippen LogP contribution in [0.3, 0.4) is 0 Å². The van der Waals surface area contributed by atoms with Crippen molar-refractivity contribution < 1.29 is 0 Å². The van der Waals surface area contributed by atoms with Crippen LogP contribution in [0.25, 0.3) is 0 Å². The Labute approximate surface area is 100 Å². The van der Waals surface area contributed by atoms with E-state index in [-0.39, 0.29) is 0 Å². The average molecular weight is 226 g/mol. The molecule has 0 radical (unpaired) electrons. The Balaban J connectivity index is 1.83. The topological polar surface area (TPSA) is 55.0 Å². The monoisotopic (exact) mass is 226 g/mol. The highest BCUT2D eigenvalue weighted by molar-refractivity contribution is 5.46. The molecule has 1 aromatic heterocycles. The molecular formula is C13H14N4. The molecule has 4 nitrogen and oxygen atoms in total. The van der Waals surface area contributed by atoms with Crippen LogP contribution in [0.15, 0.2) is 36.4 Å². The van der Waals surface area contributed by atoms with E-state index >= 15 is 0 Å². The number of rotatable bonds is 2. The summed E-state index contributed by atoms with van der Waals surface area (Å²) in [6.07, 6.45) is 0. The smallest absolute Gasteiger partial charge is 0.151 e. The van der Waals surface area contributed by atoms with Crippen molar-refractivity contribution in [1.82, 2.24) is 10.2 Å². The number of hydrogen-bond acceptors (Lipinski definition) is 4. The fourth-order valence-corrected chi connectivity index (χ4v) is 2.13. The van der Waals surface area contributed by atoms with Gasteiger partial charge in [-0.2, -0.15) is 5.10 Å². The van der Waals surface area contributed by atoms with E-state index in [2.05, 4.69) is 39.4 Å². The lowest BCUT2D eigenvalue weighted by Gasteiger charge is -2.15. The van der Waals surface area contributed by atoms with Crippen LogP contribution in [-0.2, 0) is 19.6 Å². The van der Waals surface area contributed by atoms with Gasteiger partial charge >= 0.3 is 0 Å². The molecule has 0 bridgehead atoms. The Morgan fingerprint density at radius 1 is 1.00 bits per heavy atom. The zero-order valence-electron chi connectivity index (χ0n) is 9.50. The highest BCUT2D eigenvalue weighted by Gasteiger charge is 2.19. The van der Waals surface area contributed by atoms with Gasteiger partial charge in [0.1, 0.15) is 0 Å². The van der Waals surface area contributed by atoms with Crippen LogP contribution in [0.4, 0.5) is 5.82 Å². The van der Waals surface area contributed by atoms with Gasteiger partial charge in [0.15, 0.2) is 5.82 Å². The van der Waals surface area contributed by atoms with Crippen molar-refractivity contribution in [3.8, 4) is 0 Å². The molecular weight excluding hydrogens is 212 g/mol. The minimum atomic E-state index is 0.438. The third-order valence-electron chi connectivity index (χ3n) is 3.08. The molecule has 2 aromatic rings. The second-order valence-electron chi connectivity index (χ2n) is 4.21. The molecule has 1 aliphatic heterocycles. The number of anilines is 1. The molecule has 0 saturated heterocycles. The maximum atomic E-state index is 5.51. The van der Waals surface area contributed by atoms with Crippen LogP contribution >= 0.6 is 0 Å². The molecule has 0 saturated carbocycles. The van der Waals surface area contributed by atoms with E-state index in [1.54, 1.807) is 0 Å². The van der Waals surface area contributed by atoms with Crippen LogP contribution in [0.2, 0.25) is 0 Å². The first-order chi connectivity index (χ1) is 8.36. The van der Waals surface area contributed by atoms with Gasteiger partial charge in [-0.3, -0.25) is 0 Å². The Bertz CT molecular complexity index is 496. The summed E-state index contributed by atoms with van der Waals surface area (Å²) < 4.78 is 0. The minimum Gasteiger partial charge on any atom is -0.346 e. The van der Waals surface area contributed by atoms with Crippen molar-refractivity contribution in [3.63, 3.8) is 0 Å². The molecule has 17 heavy (non-hydrogen) atoms. The summed E-state index contributed by atoms with van der Waals surface area (Å²) >= 11 is 0. The molecule has 1 aliphatic rings. The molecule has 86 valence electrons. The summed E-state index contributed by atoms with van der Waals surface area (Å²) in [4.78, 5) is 2.22. The maximum absolute atomic E-state index is 5.51. The Hall–Kier alpha value is -1.94. The molecule has 0 fully saturated rings. The predicted molar refractivity (Wildman–Crippen MR) is 66.3 cm³/mol. The summed E-state index contributed by atoms with van der Waals surface area (Å²) in [6, 6.07) is 12.4. The predicted octanol–water partition coefficient (Wildman–Crippen LogP) is 1.46. The highest BCUT2D eigenvalue weighted by atomic mass is 15.3. The fourth-order valence-electron chi connectivity index (χ4n) is 2.13. The molecule has 0 spiro atoms. The first kappa shape index (κ1) is 10.2. The lowest BCUT2D eigenvalue weighted by Crippen LogP contribution is -2.17. The van der Waals surface area contributed by atoms with Gasteiger partial charge in [0, 0.05) is 19.6 Å². The van der Waals surface area contributed by atoms with Crippen molar-refractivity contribution in [1.29, 1.82) is 0 Å². The summed E-state index contributed by atoms with van der Waals surface area (Å²) in [5.74, 6) is 0.915. The van der Waals surface area contributed by atoms with Gasteiger partial charge in [0.2, 0.25) is 0 Å². The van der Waals surface area contributed by atoms with Crippen molar-refractivity contribution in [2.75, 3.05) is 4.90 Å². The molecule has 2 N–H and O–H groups in total. The second-order valence-corrected chi connectivity index (χ2v) is 4.21. The summed E-state index contributed by atoms with van der Waals surface area (Å²) in [6.45, 7) is 2.26. The average Bonchev–Trinajstić information content (AvgIpc) is 2.82. The molecule has 0 atom stereocenters. The Kier molecular flexibility index (Phi) is 2.49. The highest BCUT2D eigenvalue weighted by Crippen LogP contribution is 2.26. The van der Waals surface area contributed by atoms with Gasteiger partial charge in [0.25, 0.3) is 0 Å². The molecule has 4 heteroatoms. The van der Waals surface area contributed by atoms with Gasteiger partial charge in [-0.1, -0.05) is 24.3 Å². The van der Waals surface area contributed by atoms with E-state index in [0.29, 0.717) is 6.54 Å². The van der Waals surface area contributed by atoms with Crippen LogP contribution < -0.4 is 10.6 Å². The summed E-state index contributed by atoms with van der Waals surface area (Å²) in [5, 5.41) is 8.30. The molecule has 0 unspecified atom stereocenters. The first-order valence-electron chi connectivity index (χ1n) is 5.71. The van der Waals surface area contributed by atoms with E-state index in [9.17, 15) is 0 Å². The number of benzene rings is 1. The number of aromatic nitrogens is 2. The SMILES string of the molecule is NCc1ccc(N2Cc3ccccc3C2)nn1. The van der Waals surface area contributed by atoms with Crippen LogP contribution in [0, 0.1) is 0 Å². The lowest BCUT2D eigenvalue weighted by atomic mass is 10.1. The molecule has 2 heterocycles. The number of hydrogen-bond donors (Lipinski definition) is 1. The minimum absolute atomic E-state index is 0.438. The molecule has 1 aromatic carbocycles. The molecule has 3 rings (SSSR count). The summed E-state index contributed by atoms with van der Waals surface area (Å²) in [7, 11) is 0. The standard InChI is InChI=1S/C13H14N4/c14-7-12-5-6-13(16-15-12)17-8-10-3-1-2-4-11(10)9-17/h1-6H,7-9,14H2. The molecule has 0 amide bonds. The van der Waals surface area contributed by atoms with Crippen LogP contribution in [0.1, 0.15) is 16.8 Å². The van der Waals surface area contributed by atoms with Crippen molar-refractivity contribution in [2.45, 2.75) is 19.6 Å². The van der Waals surface area contributed by atoms with Gasteiger partial charge in [-0.25, -0.2) is 0 Å². The normalized spacial score (nSPS) is 13.8. The maximum Gasteiger partial charge on any atom is 0.151 e. The van der Waals surface area contributed by atoms with Crippen molar-refractivity contribution >= 4 is 5.82 Å². The fraction of sp³-hybridized carbons (Fsp3) is 0.231. The van der Waals surface area contributed by atoms with Gasteiger partial charge in [-0.15, -0.1) is 5.10 Å². The number of fused-ring (bicyclic) bond motifs is 1. The molecule has 0 aliphatic carbocycles. The van der Waals surface area contributed by atoms with Gasteiger partial charge < -0.3 is 10.6 Å². The largest absolute Gasteiger partial charge is 0.346 e. The van der Waals surface area contributed by atoms with Crippen LogP contribution in [-0.4, -0.2) is 10.2 Å². The Morgan fingerprint density at radius 3 is 2.24 bits per heavy atom. The van der Waals surface area contributed by atoms with Crippen molar-refractivity contribution in [2.24, 2.45) is 5.73 Å². The number of nitrogens with two attached hydrogens (primary N) is 1. The van der Waals surface area contributed by atoms with E-state index in [4.69, 9.17) is 5.73 Å². The third kappa shape index (κ3) is 1.87. The quantitative estimate of drug-likeness (QED) is 0.842. The Morgan fingerprint density at radius 2 is 1.71 bits per heavy atom. The first-order valence-corrected chi connectivity index (χ1v) is 5.71. The third-order valence-corrected chi connectivity index (χ3v) is 3.08. The zero-order valence-corrected chi connectivity index (χ0v) is 9.50. The van der Waals surface area contributed by atoms with E-state index in [1.165, 1.54) is 11.1 Å². The number of nitrogens with zero attached hydrogens (tertiary/aromatic N) is 3. The van der Waals surface area contributed by atoms with Crippen LogP contribution in [0.5, 0.6) is 0 Å².